The van der Waals surface area contributed by atoms with Crippen LogP contribution in [0.1, 0.15) is 11.7 Å². The van der Waals surface area contributed by atoms with Crippen molar-refractivity contribution in [3.8, 4) is 5.75 Å². The first kappa shape index (κ1) is 15.8. The monoisotopic (exact) mass is 338 g/mol. The molecule has 2 aromatic carbocycles. The number of ether oxygens (including phenoxy) is 2. The van der Waals surface area contributed by atoms with Crippen molar-refractivity contribution in [3.63, 3.8) is 0 Å². The average Bonchev–Trinajstić information content (AvgIpc) is 2.67. The molecule has 0 saturated carbocycles. The van der Waals surface area contributed by atoms with E-state index in [1.165, 1.54) is 6.07 Å². The number of morpholine rings is 1. The van der Waals surface area contributed by atoms with Gasteiger partial charge in [-0.25, -0.2) is 9.37 Å². The van der Waals surface area contributed by atoms with Crippen molar-refractivity contribution in [1.29, 1.82) is 0 Å². The Balaban J connectivity index is 1.61. The van der Waals surface area contributed by atoms with E-state index >= 15 is 0 Å². The summed E-state index contributed by atoms with van der Waals surface area (Å²) in [6, 6.07) is 15.3. The summed E-state index contributed by atoms with van der Waals surface area (Å²) in [7, 11) is 1.66. The Kier molecular flexibility index (Phi) is 4.24. The molecule has 0 radical (unpaired) electrons. The fourth-order valence-corrected chi connectivity index (χ4v) is 3.22. The molecular formula is C20H19FN2O2. The standard InChI is InChI=1S/C20H19FN2O2/c1-24-17-7-6-14-11-16(5-4-15(14)12-17)19-13-23(9-10-25-19)20-18(21)3-2-8-22-20/h2-8,11-12,19H,9-10,13H2,1H3. The van der Waals surface area contributed by atoms with Crippen LogP contribution in [0.5, 0.6) is 5.75 Å². The number of rotatable bonds is 3. The Labute approximate surface area is 145 Å². The van der Waals surface area contributed by atoms with Gasteiger partial charge in [-0.1, -0.05) is 18.2 Å². The largest absolute Gasteiger partial charge is 0.497 e. The lowest BCUT2D eigenvalue weighted by Gasteiger charge is -2.34. The van der Waals surface area contributed by atoms with Gasteiger partial charge >= 0.3 is 0 Å². The molecule has 1 saturated heterocycles. The lowest BCUT2D eigenvalue weighted by Crippen LogP contribution is -2.39. The third-order valence-electron chi connectivity index (χ3n) is 4.55. The normalized spacial score (nSPS) is 17.7. The summed E-state index contributed by atoms with van der Waals surface area (Å²) in [5.41, 5.74) is 1.08. The molecule has 1 aliphatic rings. The van der Waals surface area contributed by atoms with E-state index in [4.69, 9.17) is 9.47 Å². The lowest BCUT2D eigenvalue weighted by molar-refractivity contribution is 0.0394. The highest BCUT2D eigenvalue weighted by atomic mass is 19.1. The van der Waals surface area contributed by atoms with Crippen molar-refractivity contribution >= 4 is 16.6 Å². The van der Waals surface area contributed by atoms with Crippen LogP contribution >= 0.6 is 0 Å². The number of aromatic nitrogens is 1. The van der Waals surface area contributed by atoms with E-state index in [1.807, 2.05) is 23.1 Å². The predicted molar refractivity (Wildman–Crippen MR) is 95.6 cm³/mol. The van der Waals surface area contributed by atoms with Crippen LogP contribution in [0.3, 0.4) is 0 Å². The van der Waals surface area contributed by atoms with Gasteiger partial charge in [0.1, 0.15) is 11.9 Å². The zero-order valence-corrected chi connectivity index (χ0v) is 14.0. The first-order valence-corrected chi connectivity index (χ1v) is 8.29. The summed E-state index contributed by atoms with van der Waals surface area (Å²) >= 11 is 0. The van der Waals surface area contributed by atoms with Crippen LogP contribution < -0.4 is 9.64 Å². The van der Waals surface area contributed by atoms with E-state index in [0.717, 1.165) is 22.1 Å². The van der Waals surface area contributed by atoms with E-state index in [9.17, 15) is 4.39 Å². The molecular weight excluding hydrogens is 319 g/mol. The van der Waals surface area contributed by atoms with Gasteiger partial charge in [-0.3, -0.25) is 0 Å². The molecule has 128 valence electrons. The number of halogens is 1. The van der Waals surface area contributed by atoms with E-state index in [-0.39, 0.29) is 11.9 Å². The highest BCUT2D eigenvalue weighted by Crippen LogP contribution is 2.29. The summed E-state index contributed by atoms with van der Waals surface area (Å²) in [6.45, 7) is 1.76. The van der Waals surface area contributed by atoms with Gasteiger partial charge in [-0.05, 0) is 46.7 Å². The average molecular weight is 338 g/mol. The fraction of sp³-hybridized carbons (Fsp3) is 0.250. The number of benzene rings is 2. The van der Waals surface area contributed by atoms with Crippen LogP contribution in [0, 0.1) is 5.82 Å². The van der Waals surface area contributed by atoms with Crippen molar-refractivity contribution in [2.45, 2.75) is 6.10 Å². The second-order valence-electron chi connectivity index (χ2n) is 6.09. The van der Waals surface area contributed by atoms with Gasteiger partial charge in [0.2, 0.25) is 0 Å². The molecule has 4 nitrogen and oxygen atoms in total. The highest BCUT2D eigenvalue weighted by molar-refractivity contribution is 5.84. The van der Waals surface area contributed by atoms with Gasteiger partial charge in [-0.15, -0.1) is 0 Å². The number of nitrogens with zero attached hydrogens (tertiary/aromatic N) is 2. The second kappa shape index (κ2) is 6.69. The zero-order chi connectivity index (χ0) is 17.2. The molecule has 25 heavy (non-hydrogen) atoms. The molecule has 0 aliphatic carbocycles. The van der Waals surface area contributed by atoms with Crippen LogP contribution in [-0.2, 0) is 4.74 Å². The van der Waals surface area contributed by atoms with Crippen LogP contribution in [-0.4, -0.2) is 31.8 Å². The molecule has 5 heteroatoms. The molecule has 0 N–H and O–H groups in total. The van der Waals surface area contributed by atoms with Crippen molar-refractivity contribution < 1.29 is 13.9 Å². The van der Waals surface area contributed by atoms with E-state index in [2.05, 4.69) is 23.2 Å². The smallest absolute Gasteiger partial charge is 0.165 e. The van der Waals surface area contributed by atoms with Crippen molar-refractivity contribution in [3.05, 3.63) is 66.1 Å². The minimum atomic E-state index is -0.297. The minimum absolute atomic E-state index is 0.110. The van der Waals surface area contributed by atoms with Crippen LogP contribution in [0.25, 0.3) is 10.8 Å². The van der Waals surface area contributed by atoms with Gasteiger partial charge < -0.3 is 14.4 Å². The molecule has 1 aliphatic heterocycles. The van der Waals surface area contributed by atoms with Crippen LogP contribution in [0.2, 0.25) is 0 Å². The Morgan fingerprint density at radius 1 is 1.16 bits per heavy atom. The SMILES string of the molecule is COc1ccc2cc(C3CN(c4ncccc4F)CCO3)ccc2c1. The Bertz CT molecular complexity index is 900. The Hall–Kier alpha value is -2.66. The van der Waals surface area contributed by atoms with E-state index in [1.54, 1.807) is 19.4 Å². The topological polar surface area (TPSA) is 34.6 Å². The first-order chi connectivity index (χ1) is 12.2. The van der Waals surface area contributed by atoms with Gasteiger partial charge in [0.25, 0.3) is 0 Å². The number of pyridine rings is 1. The Morgan fingerprint density at radius 2 is 2.00 bits per heavy atom. The molecule has 2 heterocycles. The van der Waals surface area contributed by atoms with Crippen molar-refractivity contribution in [1.82, 2.24) is 4.98 Å². The third-order valence-corrected chi connectivity index (χ3v) is 4.55. The van der Waals surface area contributed by atoms with Crippen LogP contribution in [0.4, 0.5) is 10.2 Å². The summed E-state index contributed by atoms with van der Waals surface area (Å²) < 4.78 is 25.2. The second-order valence-corrected chi connectivity index (χ2v) is 6.09. The molecule has 1 unspecified atom stereocenters. The first-order valence-electron chi connectivity index (χ1n) is 8.29. The molecule has 1 atom stereocenters. The van der Waals surface area contributed by atoms with E-state index in [0.29, 0.717) is 25.5 Å². The molecule has 0 bridgehead atoms. The van der Waals surface area contributed by atoms with Gasteiger partial charge in [0.15, 0.2) is 11.6 Å². The lowest BCUT2D eigenvalue weighted by atomic mass is 10.0. The van der Waals surface area contributed by atoms with E-state index < -0.39 is 0 Å². The fourth-order valence-electron chi connectivity index (χ4n) is 3.22. The predicted octanol–water partition coefficient (Wildman–Crippen LogP) is 3.96. The maximum atomic E-state index is 14.0. The summed E-state index contributed by atoms with van der Waals surface area (Å²) in [6.07, 6.45) is 1.51. The van der Waals surface area contributed by atoms with Crippen molar-refractivity contribution in [2.24, 2.45) is 0 Å². The van der Waals surface area contributed by atoms with Gasteiger partial charge in [-0.2, -0.15) is 0 Å². The highest BCUT2D eigenvalue weighted by Gasteiger charge is 2.24. The number of hydrogen-bond acceptors (Lipinski definition) is 4. The maximum Gasteiger partial charge on any atom is 0.165 e. The summed E-state index contributed by atoms with van der Waals surface area (Å²) in [4.78, 5) is 6.13. The molecule has 4 rings (SSSR count). The molecule has 0 amide bonds. The minimum Gasteiger partial charge on any atom is -0.497 e. The number of fused-ring (bicyclic) bond motifs is 1. The van der Waals surface area contributed by atoms with Gasteiger partial charge in [0, 0.05) is 19.3 Å². The molecule has 0 spiro atoms. The quantitative estimate of drug-likeness (QED) is 0.724. The Morgan fingerprint density at radius 3 is 2.84 bits per heavy atom. The number of hydrogen-bond donors (Lipinski definition) is 0. The molecule has 1 aromatic heterocycles. The number of methoxy groups -OCH3 is 1. The summed E-state index contributed by atoms with van der Waals surface area (Å²) in [5, 5.41) is 2.24. The number of anilines is 1. The molecule has 3 aromatic rings. The molecule has 1 fully saturated rings. The van der Waals surface area contributed by atoms with Crippen molar-refractivity contribution in [2.75, 3.05) is 31.7 Å². The zero-order valence-electron chi connectivity index (χ0n) is 14.0. The maximum absolute atomic E-state index is 14.0. The third kappa shape index (κ3) is 3.15. The summed E-state index contributed by atoms with van der Waals surface area (Å²) in [5.74, 6) is 0.932. The van der Waals surface area contributed by atoms with Crippen LogP contribution in [0.15, 0.2) is 54.7 Å². The van der Waals surface area contributed by atoms with Gasteiger partial charge in [0.05, 0.1) is 13.7 Å².